The molecule has 0 aliphatic heterocycles. The maximum absolute atomic E-state index is 12.8. The topological polar surface area (TPSA) is 119 Å². The van der Waals surface area contributed by atoms with Crippen LogP contribution in [0.4, 0.5) is 4.39 Å². The van der Waals surface area contributed by atoms with Crippen molar-refractivity contribution in [2.45, 2.75) is 6.42 Å². The number of phenols is 3. The van der Waals surface area contributed by atoms with Gasteiger partial charge in [0.15, 0.2) is 17.2 Å². The number of benzene rings is 2. The molecule has 0 bridgehead atoms. The molecule has 2 rings (SSSR count). The van der Waals surface area contributed by atoms with Crippen molar-refractivity contribution in [1.29, 1.82) is 0 Å². The molecule has 0 aliphatic rings. The number of carbonyl (C=O) groups is 2. The molecule has 0 unspecified atom stereocenters. The van der Waals surface area contributed by atoms with Gasteiger partial charge in [0.1, 0.15) is 5.82 Å². The van der Waals surface area contributed by atoms with Crippen LogP contribution in [-0.2, 0) is 11.2 Å². The fourth-order valence-electron chi connectivity index (χ4n) is 2.07. The van der Waals surface area contributed by atoms with E-state index in [2.05, 4.69) is 10.6 Å². The Morgan fingerprint density at radius 2 is 1.48 bits per heavy atom. The summed E-state index contributed by atoms with van der Waals surface area (Å²) in [6.45, 7) is 0.290. The number of amides is 2. The maximum atomic E-state index is 12.8. The maximum Gasteiger partial charge on any atom is 0.251 e. The Morgan fingerprint density at radius 3 is 2.08 bits per heavy atom. The lowest BCUT2D eigenvalue weighted by Crippen LogP contribution is -2.35. The fourth-order valence-corrected chi connectivity index (χ4v) is 2.07. The monoisotopic (exact) mass is 348 g/mol. The Kier molecular flexibility index (Phi) is 5.78. The van der Waals surface area contributed by atoms with Crippen molar-refractivity contribution in [1.82, 2.24) is 10.6 Å². The minimum atomic E-state index is -0.704. The van der Waals surface area contributed by atoms with Crippen LogP contribution in [0.15, 0.2) is 36.4 Å². The van der Waals surface area contributed by atoms with E-state index in [0.29, 0.717) is 5.56 Å². The van der Waals surface area contributed by atoms with Gasteiger partial charge in [-0.1, -0.05) is 12.1 Å². The van der Waals surface area contributed by atoms with Crippen LogP contribution in [0.5, 0.6) is 17.2 Å². The largest absolute Gasteiger partial charge is 0.504 e. The van der Waals surface area contributed by atoms with E-state index in [1.807, 2.05) is 0 Å². The summed E-state index contributed by atoms with van der Waals surface area (Å²) in [5.74, 6) is -3.17. The second-order valence-corrected chi connectivity index (χ2v) is 5.27. The molecule has 0 saturated heterocycles. The van der Waals surface area contributed by atoms with E-state index in [-0.39, 0.29) is 36.8 Å². The number of carbonyl (C=O) groups excluding carboxylic acids is 2. The molecule has 0 aromatic heterocycles. The number of halogens is 1. The van der Waals surface area contributed by atoms with Gasteiger partial charge in [0, 0.05) is 18.7 Å². The first kappa shape index (κ1) is 18.1. The van der Waals surface area contributed by atoms with E-state index in [9.17, 15) is 29.3 Å². The van der Waals surface area contributed by atoms with Crippen molar-refractivity contribution in [2.24, 2.45) is 0 Å². The zero-order valence-electron chi connectivity index (χ0n) is 13.1. The SMILES string of the molecule is O=C(Cc1ccc(F)cc1)NCCNC(=O)c1cc(O)c(O)c(O)c1. The Labute approximate surface area is 142 Å². The zero-order valence-corrected chi connectivity index (χ0v) is 13.1. The lowest BCUT2D eigenvalue weighted by Gasteiger charge is -2.09. The Morgan fingerprint density at radius 1 is 0.920 bits per heavy atom. The molecule has 0 spiro atoms. The van der Waals surface area contributed by atoms with Crippen molar-refractivity contribution in [3.8, 4) is 17.2 Å². The Hall–Kier alpha value is -3.29. The molecule has 0 saturated carbocycles. The summed E-state index contributed by atoms with van der Waals surface area (Å²) >= 11 is 0. The molecule has 8 heteroatoms. The highest BCUT2D eigenvalue weighted by Gasteiger charge is 2.13. The van der Waals surface area contributed by atoms with Crippen molar-refractivity contribution in [3.63, 3.8) is 0 Å². The molecule has 0 atom stereocenters. The summed E-state index contributed by atoms with van der Waals surface area (Å²) in [6.07, 6.45) is 0.0912. The molecule has 132 valence electrons. The minimum Gasteiger partial charge on any atom is -0.504 e. The number of phenolic OH excluding ortho intramolecular Hbond substituents is 3. The van der Waals surface area contributed by atoms with Crippen molar-refractivity contribution < 1.29 is 29.3 Å². The van der Waals surface area contributed by atoms with Crippen LogP contribution in [-0.4, -0.2) is 40.2 Å². The summed E-state index contributed by atoms with van der Waals surface area (Å²) in [6, 6.07) is 7.59. The van der Waals surface area contributed by atoms with Gasteiger partial charge in [0.2, 0.25) is 5.91 Å². The van der Waals surface area contributed by atoms with E-state index in [1.54, 1.807) is 0 Å². The van der Waals surface area contributed by atoms with Crippen LogP contribution in [0.3, 0.4) is 0 Å². The number of hydrogen-bond acceptors (Lipinski definition) is 5. The second kappa shape index (κ2) is 8.00. The van der Waals surface area contributed by atoms with Crippen LogP contribution < -0.4 is 10.6 Å². The van der Waals surface area contributed by atoms with E-state index in [0.717, 1.165) is 12.1 Å². The van der Waals surface area contributed by atoms with Gasteiger partial charge >= 0.3 is 0 Å². The lowest BCUT2D eigenvalue weighted by atomic mass is 10.1. The van der Waals surface area contributed by atoms with Crippen molar-refractivity contribution in [2.75, 3.05) is 13.1 Å². The summed E-state index contributed by atoms with van der Waals surface area (Å²) in [5, 5.41) is 33.0. The first-order valence-electron chi connectivity index (χ1n) is 7.41. The van der Waals surface area contributed by atoms with E-state index in [1.165, 1.54) is 24.3 Å². The predicted molar refractivity (Wildman–Crippen MR) is 86.9 cm³/mol. The molecule has 0 aliphatic carbocycles. The first-order chi connectivity index (χ1) is 11.9. The van der Waals surface area contributed by atoms with E-state index in [4.69, 9.17) is 0 Å². The summed E-state index contributed by atoms with van der Waals surface area (Å²) < 4.78 is 12.8. The standard InChI is InChI=1S/C17H17FN2O5/c18-12-3-1-10(2-4-12)7-15(23)19-5-6-20-17(25)11-8-13(21)16(24)14(22)9-11/h1-4,8-9,21-22,24H,5-7H2,(H,19,23)(H,20,25). The second-order valence-electron chi connectivity index (χ2n) is 5.27. The zero-order chi connectivity index (χ0) is 18.4. The molecule has 2 amide bonds. The van der Waals surface area contributed by atoms with E-state index >= 15 is 0 Å². The van der Waals surface area contributed by atoms with Gasteiger partial charge in [-0.3, -0.25) is 9.59 Å². The lowest BCUT2D eigenvalue weighted by molar-refractivity contribution is -0.120. The average Bonchev–Trinajstić information content (AvgIpc) is 2.58. The van der Waals surface area contributed by atoms with Crippen LogP contribution in [0.1, 0.15) is 15.9 Å². The van der Waals surface area contributed by atoms with Gasteiger partial charge in [-0.2, -0.15) is 0 Å². The third-order valence-corrected chi connectivity index (χ3v) is 3.34. The van der Waals surface area contributed by atoms with E-state index < -0.39 is 23.2 Å². The smallest absolute Gasteiger partial charge is 0.251 e. The third-order valence-electron chi connectivity index (χ3n) is 3.34. The molecule has 0 radical (unpaired) electrons. The Balaban J connectivity index is 1.76. The minimum absolute atomic E-state index is 0.0366. The van der Waals surface area contributed by atoms with Crippen molar-refractivity contribution >= 4 is 11.8 Å². The molecule has 7 nitrogen and oxygen atoms in total. The molecule has 0 fully saturated rings. The number of nitrogens with one attached hydrogen (secondary N) is 2. The van der Waals surface area contributed by atoms with Gasteiger partial charge in [0.05, 0.1) is 6.42 Å². The predicted octanol–water partition coefficient (Wildman–Crippen LogP) is 1.03. The first-order valence-corrected chi connectivity index (χ1v) is 7.41. The Bertz CT molecular complexity index is 754. The summed E-state index contributed by atoms with van der Waals surface area (Å²) in [5.41, 5.74) is 0.628. The molecule has 25 heavy (non-hydrogen) atoms. The van der Waals surface area contributed by atoms with Gasteiger partial charge in [-0.25, -0.2) is 4.39 Å². The molecular weight excluding hydrogens is 331 g/mol. The van der Waals surface area contributed by atoms with Crippen LogP contribution in [0.25, 0.3) is 0 Å². The molecule has 5 N–H and O–H groups in total. The fraction of sp³-hybridized carbons (Fsp3) is 0.176. The van der Waals surface area contributed by atoms with Crippen LogP contribution >= 0.6 is 0 Å². The van der Waals surface area contributed by atoms with Crippen LogP contribution in [0, 0.1) is 5.82 Å². The van der Waals surface area contributed by atoms with Gasteiger partial charge in [-0.05, 0) is 29.8 Å². The quantitative estimate of drug-likeness (QED) is 0.395. The molecule has 2 aromatic rings. The number of aromatic hydroxyl groups is 3. The summed E-state index contributed by atoms with van der Waals surface area (Å²) in [7, 11) is 0. The normalized spacial score (nSPS) is 10.3. The highest BCUT2D eigenvalue weighted by molar-refractivity contribution is 5.95. The number of hydrogen-bond donors (Lipinski definition) is 5. The van der Waals surface area contributed by atoms with Crippen molar-refractivity contribution in [3.05, 3.63) is 53.3 Å². The third kappa shape index (κ3) is 5.10. The highest BCUT2D eigenvalue weighted by Crippen LogP contribution is 2.35. The van der Waals surface area contributed by atoms with Crippen LogP contribution in [0.2, 0.25) is 0 Å². The van der Waals surface area contributed by atoms with Gasteiger partial charge in [0.25, 0.3) is 5.91 Å². The average molecular weight is 348 g/mol. The molecule has 2 aromatic carbocycles. The highest BCUT2D eigenvalue weighted by atomic mass is 19.1. The van der Waals surface area contributed by atoms with Gasteiger partial charge in [-0.15, -0.1) is 0 Å². The number of rotatable bonds is 6. The molecule has 0 heterocycles. The summed E-state index contributed by atoms with van der Waals surface area (Å²) in [4.78, 5) is 23.6. The molecular formula is C17H17FN2O5. The van der Waals surface area contributed by atoms with Gasteiger partial charge < -0.3 is 26.0 Å².